The van der Waals surface area contributed by atoms with Gasteiger partial charge in [-0.25, -0.2) is 8.78 Å². The minimum absolute atomic E-state index is 0.0344. The van der Waals surface area contributed by atoms with Crippen LogP contribution < -0.4 is 17.2 Å². The number of halogens is 2. The van der Waals surface area contributed by atoms with Crippen molar-refractivity contribution in [1.29, 1.82) is 0 Å². The second-order valence-electron chi connectivity index (χ2n) is 6.85. The molecule has 5 nitrogen and oxygen atoms in total. The Morgan fingerprint density at radius 1 is 1.19 bits per heavy atom. The topological polar surface area (TPSA) is 104 Å². The van der Waals surface area contributed by atoms with Gasteiger partial charge in [-0.1, -0.05) is 6.07 Å². The highest BCUT2D eigenvalue weighted by molar-refractivity contribution is 5.79. The fourth-order valence-corrected chi connectivity index (χ4v) is 3.30. The van der Waals surface area contributed by atoms with Crippen LogP contribution in [-0.2, 0) is 9.53 Å². The van der Waals surface area contributed by atoms with Crippen LogP contribution in [0.25, 0.3) is 5.70 Å². The van der Waals surface area contributed by atoms with Crippen LogP contribution in [0, 0.1) is 17.6 Å². The lowest BCUT2D eigenvalue weighted by molar-refractivity contribution is -0.134. The van der Waals surface area contributed by atoms with Crippen LogP contribution in [0.2, 0.25) is 0 Å². The maximum atomic E-state index is 13.9. The van der Waals surface area contributed by atoms with Gasteiger partial charge in [0.15, 0.2) is 0 Å². The van der Waals surface area contributed by atoms with Crippen molar-refractivity contribution < 1.29 is 18.3 Å². The van der Waals surface area contributed by atoms with E-state index in [1.54, 1.807) is 0 Å². The van der Waals surface area contributed by atoms with Crippen LogP contribution >= 0.6 is 0 Å². The van der Waals surface area contributed by atoms with E-state index in [0.717, 1.165) is 31.4 Å². The summed E-state index contributed by atoms with van der Waals surface area (Å²) in [5, 5.41) is 0. The second-order valence-corrected chi connectivity index (χ2v) is 6.85. The highest BCUT2D eigenvalue weighted by Gasteiger charge is 2.38. The van der Waals surface area contributed by atoms with E-state index in [4.69, 9.17) is 21.9 Å². The summed E-state index contributed by atoms with van der Waals surface area (Å²) >= 11 is 0. The zero-order chi connectivity index (χ0) is 18.8. The molecule has 3 rings (SSSR count). The highest BCUT2D eigenvalue weighted by Crippen LogP contribution is 2.37. The van der Waals surface area contributed by atoms with Gasteiger partial charge in [0, 0.05) is 11.4 Å². The lowest BCUT2D eigenvalue weighted by Crippen LogP contribution is -2.39. The quantitative estimate of drug-likeness (QED) is 0.721. The standard InChI is InChI=1S/C19H23F2N3O2/c20-12-4-2-5-13(21)16(12)14(22)9-11-3-1-6-15(17(11)23)26-18(19(24)25)10-7-8-10/h2,4-5,9-10,15,18H,1,3,6-8,22-23H2,(H2,24,25)/b14-9-. The Morgan fingerprint density at radius 3 is 2.42 bits per heavy atom. The van der Waals surface area contributed by atoms with Gasteiger partial charge in [-0.3, -0.25) is 4.79 Å². The number of amides is 1. The third-order valence-electron chi connectivity index (χ3n) is 4.85. The van der Waals surface area contributed by atoms with Crippen molar-refractivity contribution in [3.05, 3.63) is 52.7 Å². The molecule has 2 unspecified atom stereocenters. The van der Waals surface area contributed by atoms with Crippen LogP contribution in [0.1, 0.15) is 37.7 Å². The summed E-state index contributed by atoms with van der Waals surface area (Å²) in [5.41, 5.74) is 18.3. The summed E-state index contributed by atoms with van der Waals surface area (Å²) in [7, 11) is 0. The van der Waals surface area contributed by atoms with Gasteiger partial charge >= 0.3 is 0 Å². The van der Waals surface area contributed by atoms with E-state index in [9.17, 15) is 13.6 Å². The maximum Gasteiger partial charge on any atom is 0.246 e. The van der Waals surface area contributed by atoms with E-state index in [1.807, 2.05) is 0 Å². The van der Waals surface area contributed by atoms with Gasteiger partial charge in [0.25, 0.3) is 0 Å². The predicted molar refractivity (Wildman–Crippen MR) is 94.2 cm³/mol. The average Bonchev–Trinajstić information content (AvgIpc) is 3.40. The Labute approximate surface area is 150 Å². The minimum Gasteiger partial charge on any atom is -0.400 e. The monoisotopic (exact) mass is 363 g/mol. The van der Waals surface area contributed by atoms with Crippen molar-refractivity contribution in [2.24, 2.45) is 23.1 Å². The molecule has 1 aromatic rings. The van der Waals surface area contributed by atoms with Crippen molar-refractivity contribution in [2.45, 2.75) is 44.3 Å². The summed E-state index contributed by atoms with van der Waals surface area (Å²) in [4.78, 5) is 11.6. The highest BCUT2D eigenvalue weighted by atomic mass is 19.1. The molecule has 1 amide bonds. The molecule has 6 N–H and O–H groups in total. The molecule has 2 aliphatic carbocycles. The number of rotatable bonds is 6. The van der Waals surface area contributed by atoms with Crippen molar-refractivity contribution in [1.82, 2.24) is 0 Å². The van der Waals surface area contributed by atoms with Gasteiger partial charge in [-0.2, -0.15) is 0 Å². The Kier molecular flexibility index (Phi) is 5.27. The zero-order valence-electron chi connectivity index (χ0n) is 14.4. The molecule has 0 radical (unpaired) electrons. The molecular weight excluding hydrogens is 340 g/mol. The largest absolute Gasteiger partial charge is 0.400 e. The number of hydrogen-bond acceptors (Lipinski definition) is 4. The molecule has 7 heteroatoms. The molecular formula is C19H23F2N3O2. The zero-order valence-corrected chi connectivity index (χ0v) is 14.4. The van der Waals surface area contributed by atoms with Gasteiger partial charge < -0.3 is 21.9 Å². The number of allylic oxidation sites excluding steroid dienone is 2. The Bertz CT molecular complexity index is 752. The first-order chi connectivity index (χ1) is 12.4. The first-order valence-corrected chi connectivity index (χ1v) is 8.73. The van der Waals surface area contributed by atoms with Gasteiger partial charge in [-0.15, -0.1) is 0 Å². The molecule has 0 aliphatic heterocycles. The third kappa shape index (κ3) is 3.88. The minimum atomic E-state index is -0.732. The molecule has 0 saturated heterocycles. The molecule has 1 aromatic carbocycles. The molecule has 26 heavy (non-hydrogen) atoms. The van der Waals surface area contributed by atoms with E-state index in [2.05, 4.69) is 0 Å². The first-order valence-electron chi connectivity index (χ1n) is 8.73. The molecule has 0 heterocycles. The van der Waals surface area contributed by atoms with Crippen molar-refractivity contribution in [3.8, 4) is 0 Å². The number of carbonyl (C=O) groups is 1. The van der Waals surface area contributed by atoms with Gasteiger partial charge in [0.1, 0.15) is 17.7 Å². The van der Waals surface area contributed by atoms with Crippen LogP contribution in [0.5, 0.6) is 0 Å². The molecule has 0 aromatic heterocycles. The van der Waals surface area contributed by atoms with E-state index in [1.165, 1.54) is 12.1 Å². The Balaban J connectivity index is 1.85. The van der Waals surface area contributed by atoms with Crippen LogP contribution in [0.3, 0.4) is 0 Å². The number of hydrogen-bond donors (Lipinski definition) is 3. The van der Waals surface area contributed by atoms with E-state index < -0.39 is 29.7 Å². The molecule has 0 spiro atoms. The number of benzene rings is 1. The summed E-state index contributed by atoms with van der Waals surface area (Å²) < 4.78 is 33.7. The van der Waals surface area contributed by atoms with Gasteiger partial charge in [0.2, 0.25) is 5.91 Å². The SMILES string of the molecule is NC(=O)C(OC1CCCC(/C=C(\N)c2c(F)cccc2F)=C1N)C1CC1. The number of primary amides is 1. The maximum absolute atomic E-state index is 13.9. The molecule has 1 fully saturated rings. The molecule has 140 valence electrons. The second kappa shape index (κ2) is 7.45. The van der Waals surface area contributed by atoms with Crippen LogP contribution in [0.15, 0.2) is 35.5 Å². The van der Waals surface area contributed by atoms with E-state index >= 15 is 0 Å². The summed E-state index contributed by atoms with van der Waals surface area (Å²) in [6.07, 6.45) is 4.26. The van der Waals surface area contributed by atoms with Crippen LogP contribution in [0.4, 0.5) is 8.78 Å². The summed E-state index contributed by atoms with van der Waals surface area (Å²) in [6, 6.07) is 3.58. The Morgan fingerprint density at radius 2 is 1.85 bits per heavy atom. The third-order valence-corrected chi connectivity index (χ3v) is 4.85. The normalized spacial score (nSPS) is 22.4. The fourth-order valence-electron chi connectivity index (χ4n) is 3.30. The van der Waals surface area contributed by atoms with E-state index in [-0.39, 0.29) is 17.2 Å². The average molecular weight is 363 g/mol. The molecule has 2 aliphatic rings. The number of carbonyl (C=O) groups excluding carboxylic acids is 1. The molecule has 1 saturated carbocycles. The first kappa shape index (κ1) is 18.4. The van der Waals surface area contributed by atoms with E-state index in [0.29, 0.717) is 24.1 Å². The summed E-state index contributed by atoms with van der Waals surface area (Å²) in [6.45, 7) is 0. The predicted octanol–water partition coefficient (Wildman–Crippen LogP) is 2.31. The van der Waals surface area contributed by atoms with Gasteiger partial charge in [-0.05, 0) is 61.8 Å². The smallest absolute Gasteiger partial charge is 0.246 e. The fraction of sp³-hybridized carbons (Fsp3) is 0.421. The molecule has 2 atom stereocenters. The van der Waals surface area contributed by atoms with Crippen molar-refractivity contribution >= 4 is 11.6 Å². The Hall–Kier alpha value is -2.41. The van der Waals surface area contributed by atoms with Crippen molar-refractivity contribution in [2.75, 3.05) is 0 Å². The van der Waals surface area contributed by atoms with Crippen molar-refractivity contribution in [3.63, 3.8) is 0 Å². The lowest BCUT2D eigenvalue weighted by Gasteiger charge is -2.28. The lowest BCUT2D eigenvalue weighted by atomic mass is 9.92. The summed E-state index contributed by atoms with van der Waals surface area (Å²) in [5.74, 6) is -1.80. The van der Waals surface area contributed by atoms with Crippen LogP contribution in [-0.4, -0.2) is 18.1 Å². The molecule has 0 bridgehead atoms. The number of ether oxygens (including phenoxy) is 1. The van der Waals surface area contributed by atoms with Gasteiger partial charge in [0.05, 0.1) is 11.7 Å². The number of nitrogens with two attached hydrogens (primary N) is 3.